The molecule has 4 N–H and O–H groups in total. The zero-order valence-corrected chi connectivity index (χ0v) is 20.7. The molecule has 0 amide bonds. The number of benzene rings is 3. The van der Waals surface area contributed by atoms with Gasteiger partial charge in [-0.05, 0) is 66.9 Å². The Bertz CT molecular complexity index is 1480. The van der Waals surface area contributed by atoms with E-state index in [9.17, 15) is 22.0 Å². The third-order valence-corrected chi connectivity index (χ3v) is 7.81. The molecule has 0 aliphatic carbocycles. The molecule has 186 valence electrons. The minimum Gasteiger partial charge on any atom is -0.382 e. The van der Waals surface area contributed by atoms with Crippen LogP contribution in [0.15, 0.2) is 71.6 Å². The minimum atomic E-state index is -3.75. The molecule has 0 bridgehead atoms. The van der Waals surface area contributed by atoms with Gasteiger partial charge in [-0.25, -0.2) is 26.9 Å². The molecule has 0 spiro atoms. The number of hydrogen-bond acceptors (Lipinski definition) is 7. The standard InChI is InChI=1S/C25H22F2N4O3S2/c1-15-3-2-4-20(27)21(15)22(32)23-24(28)31-25(35-23)30-18-9-11-19(12-10-18)36(33,34)29-14-13-16-5-7-17(26)8-6-16/h2-12,29H,13-14,28H2,1H3,(H,30,31). The molecule has 0 radical (unpaired) electrons. The van der Waals surface area contributed by atoms with Gasteiger partial charge >= 0.3 is 0 Å². The van der Waals surface area contributed by atoms with E-state index in [0.717, 1.165) is 16.9 Å². The van der Waals surface area contributed by atoms with Crippen molar-refractivity contribution in [3.05, 3.63) is 99.9 Å². The Balaban J connectivity index is 1.41. The molecule has 0 saturated heterocycles. The molecule has 7 nitrogen and oxygen atoms in total. The van der Waals surface area contributed by atoms with Crippen LogP contribution in [0, 0.1) is 18.6 Å². The molecule has 3 aromatic carbocycles. The van der Waals surface area contributed by atoms with E-state index >= 15 is 0 Å². The smallest absolute Gasteiger partial charge is 0.240 e. The quantitative estimate of drug-likeness (QED) is 0.269. The SMILES string of the molecule is Cc1cccc(F)c1C(=O)c1sc(Nc2ccc(S(=O)(=O)NCCc3ccc(F)cc3)cc2)nc1N. The van der Waals surface area contributed by atoms with E-state index in [1.54, 1.807) is 37.3 Å². The van der Waals surface area contributed by atoms with Gasteiger partial charge in [0, 0.05) is 12.2 Å². The average Bonchev–Trinajstić information content (AvgIpc) is 3.20. The molecule has 11 heteroatoms. The maximum absolute atomic E-state index is 14.2. The highest BCUT2D eigenvalue weighted by atomic mass is 32.2. The van der Waals surface area contributed by atoms with Crippen LogP contribution in [-0.4, -0.2) is 25.7 Å². The summed E-state index contributed by atoms with van der Waals surface area (Å²) in [7, 11) is -3.75. The first-order valence-electron chi connectivity index (χ1n) is 10.8. The van der Waals surface area contributed by atoms with Gasteiger partial charge in [-0.15, -0.1) is 0 Å². The first-order valence-corrected chi connectivity index (χ1v) is 13.1. The molecule has 0 aliphatic rings. The number of carbonyl (C=O) groups excluding carboxylic acids is 1. The van der Waals surface area contributed by atoms with Crippen molar-refractivity contribution < 1.29 is 22.0 Å². The Morgan fingerprint density at radius 3 is 2.39 bits per heavy atom. The third-order valence-electron chi connectivity index (χ3n) is 5.34. The number of aryl methyl sites for hydroxylation is 1. The second-order valence-corrected chi connectivity index (χ2v) is 10.7. The van der Waals surface area contributed by atoms with Crippen molar-refractivity contribution >= 4 is 43.8 Å². The van der Waals surface area contributed by atoms with Crippen molar-refractivity contribution in [1.29, 1.82) is 0 Å². The van der Waals surface area contributed by atoms with E-state index in [0.29, 0.717) is 22.8 Å². The van der Waals surface area contributed by atoms with E-state index in [1.165, 1.54) is 36.4 Å². The number of nitrogens with two attached hydrogens (primary N) is 1. The number of ketones is 1. The zero-order chi connectivity index (χ0) is 25.9. The Morgan fingerprint density at radius 1 is 1.03 bits per heavy atom. The summed E-state index contributed by atoms with van der Waals surface area (Å²) in [5, 5.41) is 3.29. The minimum absolute atomic E-state index is 0.0281. The highest BCUT2D eigenvalue weighted by Gasteiger charge is 2.22. The first-order chi connectivity index (χ1) is 17.1. The highest BCUT2D eigenvalue weighted by molar-refractivity contribution is 7.89. The van der Waals surface area contributed by atoms with Gasteiger partial charge in [0.2, 0.25) is 15.8 Å². The summed E-state index contributed by atoms with van der Waals surface area (Å²) >= 11 is 0.977. The molecule has 0 unspecified atom stereocenters. The lowest BCUT2D eigenvalue weighted by Crippen LogP contribution is -2.26. The molecular weight excluding hydrogens is 506 g/mol. The fourth-order valence-corrected chi connectivity index (χ4v) is 5.37. The Morgan fingerprint density at radius 2 is 1.72 bits per heavy atom. The number of hydrogen-bond donors (Lipinski definition) is 3. The van der Waals surface area contributed by atoms with E-state index < -0.39 is 21.6 Å². The second kappa shape index (κ2) is 10.5. The van der Waals surface area contributed by atoms with E-state index in [-0.39, 0.29) is 33.5 Å². The number of anilines is 3. The summed E-state index contributed by atoms with van der Waals surface area (Å²) in [5.74, 6) is -1.57. The van der Waals surface area contributed by atoms with Gasteiger partial charge in [0.05, 0.1) is 10.5 Å². The van der Waals surface area contributed by atoms with Gasteiger partial charge in [-0.3, -0.25) is 4.79 Å². The molecule has 0 fully saturated rings. The summed E-state index contributed by atoms with van der Waals surface area (Å²) < 4.78 is 54.9. The van der Waals surface area contributed by atoms with Crippen molar-refractivity contribution in [3.8, 4) is 0 Å². The Hall–Kier alpha value is -3.67. The molecule has 1 heterocycles. The van der Waals surface area contributed by atoms with Gasteiger partial charge in [0.15, 0.2) is 5.13 Å². The van der Waals surface area contributed by atoms with E-state index in [1.807, 2.05) is 0 Å². The summed E-state index contributed by atoms with van der Waals surface area (Å²) in [5.41, 5.74) is 7.69. The lowest BCUT2D eigenvalue weighted by molar-refractivity contribution is 0.103. The first kappa shape index (κ1) is 25.4. The summed E-state index contributed by atoms with van der Waals surface area (Å²) in [4.78, 5) is 17.2. The van der Waals surface area contributed by atoms with Gasteiger partial charge < -0.3 is 11.1 Å². The van der Waals surface area contributed by atoms with Gasteiger partial charge in [0.25, 0.3) is 0 Å². The average molecular weight is 529 g/mol. The van der Waals surface area contributed by atoms with Crippen molar-refractivity contribution in [3.63, 3.8) is 0 Å². The van der Waals surface area contributed by atoms with Crippen LogP contribution >= 0.6 is 11.3 Å². The molecule has 1 aromatic heterocycles. The fourth-order valence-electron chi connectivity index (χ4n) is 3.49. The maximum atomic E-state index is 14.2. The number of nitrogens with one attached hydrogen (secondary N) is 2. The molecular formula is C25H22F2N4O3S2. The van der Waals surface area contributed by atoms with Crippen LogP contribution in [0.4, 0.5) is 25.4 Å². The molecule has 0 atom stereocenters. The van der Waals surface area contributed by atoms with Crippen LogP contribution in [0.5, 0.6) is 0 Å². The van der Waals surface area contributed by atoms with Crippen molar-refractivity contribution in [2.45, 2.75) is 18.2 Å². The maximum Gasteiger partial charge on any atom is 0.240 e. The normalized spacial score (nSPS) is 11.4. The number of aromatic nitrogens is 1. The van der Waals surface area contributed by atoms with Crippen LogP contribution < -0.4 is 15.8 Å². The van der Waals surface area contributed by atoms with Crippen LogP contribution in [0.3, 0.4) is 0 Å². The summed E-state index contributed by atoms with van der Waals surface area (Å²) in [6, 6.07) is 16.2. The Labute approximate surface area is 211 Å². The fraction of sp³-hybridized carbons (Fsp3) is 0.120. The van der Waals surface area contributed by atoms with Crippen molar-refractivity contribution in [2.75, 3.05) is 17.6 Å². The highest BCUT2D eigenvalue weighted by Crippen LogP contribution is 2.31. The molecule has 4 aromatic rings. The summed E-state index contributed by atoms with van der Waals surface area (Å²) in [6.45, 7) is 1.80. The number of nitrogens with zero attached hydrogens (tertiary/aromatic N) is 1. The predicted molar refractivity (Wildman–Crippen MR) is 136 cm³/mol. The number of nitrogen functional groups attached to an aromatic ring is 1. The number of rotatable bonds is 9. The number of halogens is 2. The van der Waals surface area contributed by atoms with Crippen molar-refractivity contribution in [1.82, 2.24) is 9.71 Å². The largest absolute Gasteiger partial charge is 0.382 e. The van der Waals surface area contributed by atoms with E-state index in [2.05, 4.69) is 15.0 Å². The van der Waals surface area contributed by atoms with Gasteiger partial charge in [-0.1, -0.05) is 35.6 Å². The zero-order valence-electron chi connectivity index (χ0n) is 19.1. The summed E-state index contributed by atoms with van der Waals surface area (Å²) in [6.07, 6.45) is 0.415. The van der Waals surface area contributed by atoms with Crippen LogP contribution in [0.2, 0.25) is 0 Å². The lowest BCUT2D eigenvalue weighted by Gasteiger charge is -2.08. The topological polar surface area (TPSA) is 114 Å². The molecule has 36 heavy (non-hydrogen) atoms. The van der Waals surface area contributed by atoms with Gasteiger partial charge in [-0.2, -0.15) is 0 Å². The molecule has 0 aliphatic heterocycles. The third kappa shape index (κ3) is 5.76. The van der Waals surface area contributed by atoms with Crippen LogP contribution in [0.1, 0.15) is 26.4 Å². The number of sulfonamides is 1. The molecule has 0 saturated carbocycles. The van der Waals surface area contributed by atoms with Gasteiger partial charge in [0.1, 0.15) is 22.3 Å². The van der Waals surface area contributed by atoms with Crippen LogP contribution in [-0.2, 0) is 16.4 Å². The van der Waals surface area contributed by atoms with E-state index in [4.69, 9.17) is 5.73 Å². The van der Waals surface area contributed by atoms with Crippen LogP contribution in [0.25, 0.3) is 0 Å². The molecule has 4 rings (SSSR count). The van der Waals surface area contributed by atoms with Crippen molar-refractivity contribution in [2.24, 2.45) is 0 Å². The lowest BCUT2D eigenvalue weighted by atomic mass is 10.0. The monoisotopic (exact) mass is 528 g/mol. The number of thiazole rings is 1. The number of carbonyl (C=O) groups is 1. The Kier molecular flexibility index (Phi) is 7.43. The second-order valence-electron chi connectivity index (χ2n) is 7.92. The predicted octanol–water partition coefficient (Wildman–Crippen LogP) is 4.81.